The van der Waals surface area contributed by atoms with Crippen molar-refractivity contribution in [1.29, 1.82) is 0 Å². The summed E-state index contributed by atoms with van der Waals surface area (Å²) in [6.45, 7) is 9.23. The third-order valence-electron chi connectivity index (χ3n) is 3.52. The molecule has 1 aromatic rings. The van der Waals surface area contributed by atoms with Gasteiger partial charge in [-0.25, -0.2) is 0 Å². The number of ether oxygens (including phenoxy) is 1. The van der Waals surface area contributed by atoms with Crippen molar-refractivity contribution in [3.8, 4) is 5.75 Å². The highest BCUT2D eigenvalue weighted by molar-refractivity contribution is 5.29. The zero-order valence-electron chi connectivity index (χ0n) is 12.6. The topological polar surface area (TPSA) is 9.23 Å². The lowest BCUT2D eigenvalue weighted by Gasteiger charge is -2.13. The molecule has 0 saturated heterocycles. The van der Waals surface area contributed by atoms with Crippen LogP contribution in [-0.4, -0.2) is 6.61 Å². The summed E-state index contributed by atoms with van der Waals surface area (Å²) in [5.41, 5.74) is 2.67. The molecule has 0 aliphatic carbocycles. The third kappa shape index (κ3) is 5.34. The Morgan fingerprint density at radius 1 is 1.16 bits per heavy atom. The first kappa shape index (κ1) is 15.6. The Kier molecular flexibility index (Phi) is 7.02. The van der Waals surface area contributed by atoms with E-state index in [4.69, 9.17) is 4.74 Å². The van der Waals surface area contributed by atoms with Crippen LogP contribution in [-0.2, 0) is 0 Å². The Balaban J connectivity index is 2.51. The van der Waals surface area contributed by atoms with Crippen LogP contribution in [0.1, 0.15) is 52.0 Å². The van der Waals surface area contributed by atoms with E-state index in [2.05, 4.69) is 57.2 Å². The maximum atomic E-state index is 5.69. The minimum absolute atomic E-state index is 0.621. The summed E-state index contributed by atoms with van der Waals surface area (Å²) < 4.78 is 5.69. The highest BCUT2D eigenvalue weighted by Gasteiger charge is 2.06. The molecule has 0 spiro atoms. The van der Waals surface area contributed by atoms with Crippen LogP contribution < -0.4 is 4.74 Å². The summed E-state index contributed by atoms with van der Waals surface area (Å²) >= 11 is 0. The SMILES string of the molecule is C/C=C(C)\C=C/COc1ccc(C(CC)CC)cc1. The molecule has 0 atom stereocenters. The molecule has 0 N–H and O–H groups in total. The highest BCUT2D eigenvalue weighted by atomic mass is 16.5. The van der Waals surface area contributed by atoms with Gasteiger partial charge < -0.3 is 4.74 Å². The van der Waals surface area contributed by atoms with Crippen LogP contribution in [0.5, 0.6) is 5.75 Å². The second-order valence-corrected chi connectivity index (χ2v) is 4.83. The van der Waals surface area contributed by atoms with Gasteiger partial charge in [-0.2, -0.15) is 0 Å². The van der Waals surface area contributed by atoms with Gasteiger partial charge in [0.2, 0.25) is 0 Å². The van der Waals surface area contributed by atoms with Gasteiger partial charge in [0.1, 0.15) is 12.4 Å². The first-order valence-corrected chi connectivity index (χ1v) is 7.23. The molecule has 0 fully saturated rings. The second kappa shape index (κ2) is 8.58. The van der Waals surface area contributed by atoms with Crippen LogP contribution in [0.15, 0.2) is 48.1 Å². The van der Waals surface area contributed by atoms with Gasteiger partial charge in [-0.15, -0.1) is 0 Å². The van der Waals surface area contributed by atoms with Gasteiger partial charge in [-0.05, 0) is 56.4 Å². The van der Waals surface area contributed by atoms with Crippen molar-refractivity contribution in [2.45, 2.75) is 46.5 Å². The van der Waals surface area contributed by atoms with Crippen molar-refractivity contribution in [2.75, 3.05) is 6.61 Å². The number of hydrogen-bond acceptors (Lipinski definition) is 1. The number of allylic oxidation sites excluding steroid dienone is 3. The van der Waals surface area contributed by atoms with E-state index in [-0.39, 0.29) is 0 Å². The Morgan fingerprint density at radius 3 is 2.32 bits per heavy atom. The first-order valence-electron chi connectivity index (χ1n) is 7.23. The normalized spacial score (nSPS) is 12.4. The van der Waals surface area contributed by atoms with Crippen molar-refractivity contribution < 1.29 is 4.74 Å². The molecular weight excluding hydrogens is 232 g/mol. The molecule has 0 radical (unpaired) electrons. The molecule has 0 aromatic heterocycles. The quantitative estimate of drug-likeness (QED) is 0.587. The van der Waals surface area contributed by atoms with Crippen LogP contribution in [0.3, 0.4) is 0 Å². The van der Waals surface area contributed by atoms with Crippen molar-refractivity contribution in [2.24, 2.45) is 0 Å². The van der Waals surface area contributed by atoms with Gasteiger partial charge in [0.05, 0.1) is 0 Å². The van der Waals surface area contributed by atoms with Gasteiger partial charge in [0.25, 0.3) is 0 Å². The summed E-state index contributed by atoms with van der Waals surface area (Å²) in [7, 11) is 0. The van der Waals surface area contributed by atoms with Crippen molar-refractivity contribution in [3.63, 3.8) is 0 Å². The molecule has 0 unspecified atom stereocenters. The minimum atomic E-state index is 0.621. The number of rotatable bonds is 7. The zero-order valence-corrected chi connectivity index (χ0v) is 12.6. The Bertz CT molecular complexity index is 408. The van der Waals surface area contributed by atoms with E-state index < -0.39 is 0 Å². The summed E-state index contributed by atoms with van der Waals surface area (Å²) in [4.78, 5) is 0. The summed E-state index contributed by atoms with van der Waals surface area (Å²) in [6, 6.07) is 8.52. The zero-order chi connectivity index (χ0) is 14.1. The van der Waals surface area contributed by atoms with Crippen molar-refractivity contribution in [3.05, 3.63) is 53.6 Å². The second-order valence-electron chi connectivity index (χ2n) is 4.83. The molecule has 104 valence electrons. The molecule has 0 saturated carbocycles. The lowest BCUT2D eigenvalue weighted by atomic mass is 9.94. The predicted molar refractivity (Wildman–Crippen MR) is 83.8 cm³/mol. The van der Waals surface area contributed by atoms with E-state index in [1.165, 1.54) is 24.0 Å². The molecule has 19 heavy (non-hydrogen) atoms. The third-order valence-corrected chi connectivity index (χ3v) is 3.52. The molecule has 0 amide bonds. The van der Waals surface area contributed by atoms with Crippen LogP contribution in [0, 0.1) is 0 Å². The lowest BCUT2D eigenvalue weighted by Crippen LogP contribution is -1.97. The van der Waals surface area contributed by atoms with Crippen molar-refractivity contribution >= 4 is 0 Å². The van der Waals surface area contributed by atoms with Crippen LogP contribution in [0.4, 0.5) is 0 Å². The smallest absolute Gasteiger partial charge is 0.119 e. The van der Waals surface area contributed by atoms with Crippen LogP contribution in [0.2, 0.25) is 0 Å². The molecule has 0 aliphatic heterocycles. The fraction of sp³-hybridized carbons (Fsp3) is 0.444. The summed E-state index contributed by atoms with van der Waals surface area (Å²) in [5.74, 6) is 1.61. The monoisotopic (exact) mass is 258 g/mol. The largest absolute Gasteiger partial charge is 0.490 e. The summed E-state index contributed by atoms with van der Waals surface area (Å²) in [5, 5.41) is 0. The summed E-state index contributed by atoms with van der Waals surface area (Å²) in [6.07, 6.45) is 8.60. The van der Waals surface area contributed by atoms with E-state index in [1.54, 1.807) is 0 Å². The van der Waals surface area contributed by atoms with Crippen LogP contribution >= 0.6 is 0 Å². The van der Waals surface area contributed by atoms with Gasteiger partial charge in [0.15, 0.2) is 0 Å². The van der Waals surface area contributed by atoms with Gasteiger partial charge in [0, 0.05) is 0 Å². The molecule has 1 nitrogen and oxygen atoms in total. The first-order chi connectivity index (χ1) is 9.21. The number of hydrogen-bond donors (Lipinski definition) is 0. The molecule has 0 heterocycles. The Morgan fingerprint density at radius 2 is 1.79 bits per heavy atom. The van der Waals surface area contributed by atoms with E-state index >= 15 is 0 Å². The molecule has 1 heteroatoms. The van der Waals surface area contributed by atoms with Crippen LogP contribution in [0.25, 0.3) is 0 Å². The lowest BCUT2D eigenvalue weighted by molar-refractivity contribution is 0.362. The fourth-order valence-corrected chi connectivity index (χ4v) is 2.07. The average Bonchev–Trinajstić information content (AvgIpc) is 2.46. The molecule has 0 aliphatic rings. The standard InChI is InChI=1S/C18H26O/c1-5-15(4)9-8-14-19-18-12-10-17(11-13-18)16(6-2)7-3/h5,8-13,16H,6-7,14H2,1-4H3/b9-8-,15-5-. The highest BCUT2D eigenvalue weighted by Crippen LogP contribution is 2.24. The van der Waals surface area contributed by atoms with Crippen molar-refractivity contribution in [1.82, 2.24) is 0 Å². The maximum absolute atomic E-state index is 5.69. The van der Waals surface area contributed by atoms with E-state index in [1.807, 2.05) is 13.0 Å². The van der Waals surface area contributed by atoms with E-state index in [0.717, 1.165) is 5.75 Å². The van der Waals surface area contributed by atoms with E-state index in [9.17, 15) is 0 Å². The minimum Gasteiger partial charge on any atom is -0.490 e. The fourth-order valence-electron chi connectivity index (χ4n) is 2.07. The predicted octanol–water partition coefficient (Wildman–Crippen LogP) is 5.49. The Labute approximate surface area is 118 Å². The molecule has 1 aromatic carbocycles. The number of benzene rings is 1. The maximum Gasteiger partial charge on any atom is 0.119 e. The Hall–Kier alpha value is -1.50. The van der Waals surface area contributed by atoms with Gasteiger partial charge in [-0.1, -0.05) is 43.7 Å². The average molecular weight is 258 g/mol. The van der Waals surface area contributed by atoms with E-state index in [0.29, 0.717) is 12.5 Å². The van der Waals surface area contributed by atoms with Gasteiger partial charge >= 0.3 is 0 Å². The molecular formula is C18H26O. The van der Waals surface area contributed by atoms with Gasteiger partial charge in [-0.3, -0.25) is 0 Å². The molecule has 0 bridgehead atoms. The molecule has 1 rings (SSSR count).